The van der Waals surface area contributed by atoms with Crippen LogP contribution in [0.3, 0.4) is 0 Å². The first-order valence-corrected chi connectivity index (χ1v) is 10.5. The van der Waals surface area contributed by atoms with Crippen molar-refractivity contribution in [3.8, 4) is 5.69 Å². The van der Waals surface area contributed by atoms with Gasteiger partial charge in [0.05, 0.1) is 11.4 Å². The zero-order valence-electron chi connectivity index (χ0n) is 14.7. The largest absolute Gasteiger partial charge is 0.269 e. The standard InChI is InChI=1S/C19H16N4OS3/c1-12-7-8-16-20-14(9-17(24)22(16)10-12)11-26-18-21-23(19(25)27-18)15-6-4-3-5-13(15)2/h3-10H,11H2,1-2H3. The zero-order valence-corrected chi connectivity index (χ0v) is 17.2. The number of benzene rings is 1. The highest BCUT2D eigenvalue weighted by Gasteiger charge is 2.10. The Balaban J connectivity index is 1.60. The van der Waals surface area contributed by atoms with Crippen LogP contribution in [-0.4, -0.2) is 19.2 Å². The van der Waals surface area contributed by atoms with E-state index in [-0.39, 0.29) is 5.56 Å². The van der Waals surface area contributed by atoms with Crippen molar-refractivity contribution in [2.75, 3.05) is 0 Å². The second kappa shape index (κ2) is 7.38. The van der Waals surface area contributed by atoms with Crippen LogP contribution in [0.25, 0.3) is 11.3 Å². The molecular formula is C19H16N4OS3. The van der Waals surface area contributed by atoms with Crippen LogP contribution < -0.4 is 5.56 Å². The number of fused-ring (bicyclic) bond motifs is 1. The highest BCUT2D eigenvalue weighted by atomic mass is 32.2. The van der Waals surface area contributed by atoms with E-state index < -0.39 is 0 Å². The fraction of sp³-hybridized carbons (Fsp3) is 0.158. The zero-order chi connectivity index (χ0) is 19.0. The third-order valence-electron chi connectivity index (χ3n) is 4.08. The summed E-state index contributed by atoms with van der Waals surface area (Å²) in [6.07, 6.45) is 1.80. The first kappa shape index (κ1) is 18.1. The van der Waals surface area contributed by atoms with Gasteiger partial charge >= 0.3 is 0 Å². The van der Waals surface area contributed by atoms with Crippen molar-refractivity contribution >= 4 is 41.0 Å². The van der Waals surface area contributed by atoms with Crippen LogP contribution in [0.2, 0.25) is 0 Å². The lowest BCUT2D eigenvalue weighted by Crippen LogP contribution is -2.15. The van der Waals surface area contributed by atoms with Gasteiger partial charge in [0.2, 0.25) is 0 Å². The predicted molar refractivity (Wildman–Crippen MR) is 113 cm³/mol. The van der Waals surface area contributed by atoms with Crippen molar-refractivity contribution in [3.05, 3.63) is 79.8 Å². The minimum Gasteiger partial charge on any atom is -0.269 e. The number of hydrogen-bond acceptors (Lipinski definition) is 6. The maximum atomic E-state index is 12.3. The van der Waals surface area contributed by atoms with Crippen LogP contribution in [0.15, 0.2) is 57.8 Å². The number of aromatic nitrogens is 4. The third kappa shape index (κ3) is 3.73. The quantitative estimate of drug-likeness (QED) is 0.363. The average Bonchev–Trinajstić information content (AvgIpc) is 3.01. The van der Waals surface area contributed by atoms with Crippen molar-refractivity contribution in [1.82, 2.24) is 19.2 Å². The van der Waals surface area contributed by atoms with Crippen LogP contribution in [0, 0.1) is 17.8 Å². The Morgan fingerprint density at radius 1 is 1.19 bits per heavy atom. The van der Waals surface area contributed by atoms with Crippen molar-refractivity contribution in [2.24, 2.45) is 0 Å². The van der Waals surface area contributed by atoms with E-state index in [9.17, 15) is 4.79 Å². The molecule has 5 nitrogen and oxygen atoms in total. The molecule has 0 saturated heterocycles. The molecule has 0 N–H and O–H groups in total. The van der Waals surface area contributed by atoms with Gasteiger partial charge < -0.3 is 0 Å². The Hall–Kier alpha value is -2.29. The Kier molecular flexibility index (Phi) is 4.94. The molecule has 0 atom stereocenters. The smallest absolute Gasteiger partial charge is 0.258 e. The maximum Gasteiger partial charge on any atom is 0.258 e. The van der Waals surface area contributed by atoms with Gasteiger partial charge in [0.15, 0.2) is 8.29 Å². The summed E-state index contributed by atoms with van der Waals surface area (Å²) in [5.74, 6) is 0.565. The van der Waals surface area contributed by atoms with Crippen molar-refractivity contribution in [3.63, 3.8) is 0 Å². The molecule has 0 spiro atoms. The van der Waals surface area contributed by atoms with Gasteiger partial charge in [-0.2, -0.15) is 0 Å². The Morgan fingerprint density at radius 2 is 2.00 bits per heavy atom. The number of pyridine rings is 1. The molecule has 0 fully saturated rings. The van der Waals surface area contributed by atoms with Crippen molar-refractivity contribution < 1.29 is 0 Å². The first-order valence-electron chi connectivity index (χ1n) is 8.29. The fourth-order valence-corrected chi connectivity index (χ4v) is 4.98. The summed E-state index contributed by atoms with van der Waals surface area (Å²) in [4.78, 5) is 16.9. The van der Waals surface area contributed by atoms with Gasteiger partial charge in [0.1, 0.15) is 5.65 Å². The molecule has 3 heterocycles. The van der Waals surface area contributed by atoms with Gasteiger partial charge in [0, 0.05) is 18.0 Å². The van der Waals surface area contributed by atoms with E-state index in [1.165, 1.54) is 23.1 Å². The van der Waals surface area contributed by atoms with E-state index in [2.05, 4.69) is 10.1 Å². The lowest BCUT2D eigenvalue weighted by Gasteiger charge is -2.05. The number of nitrogens with zero attached hydrogens (tertiary/aromatic N) is 4. The summed E-state index contributed by atoms with van der Waals surface area (Å²) in [7, 11) is 0. The normalized spacial score (nSPS) is 11.2. The van der Waals surface area contributed by atoms with Crippen LogP contribution in [0.4, 0.5) is 0 Å². The molecule has 0 unspecified atom stereocenters. The number of thioether (sulfide) groups is 1. The number of hydrogen-bond donors (Lipinski definition) is 0. The first-order chi connectivity index (χ1) is 13.0. The lowest BCUT2D eigenvalue weighted by atomic mass is 10.2. The third-order valence-corrected chi connectivity index (χ3v) is 6.48. The van der Waals surface area contributed by atoms with Gasteiger partial charge in [-0.1, -0.05) is 47.4 Å². The minimum atomic E-state index is -0.0719. The SMILES string of the molecule is Cc1ccc2nc(CSc3nn(-c4ccccc4C)c(=S)s3)cc(=O)n2c1. The van der Waals surface area contributed by atoms with Crippen LogP contribution >= 0.6 is 35.3 Å². The van der Waals surface area contributed by atoms with E-state index in [1.807, 2.05) is 50.2 Å². The molecule has 1 aromatic carbocycles. The minimum absolute atomic E-state index is 0.0719. The van der Waals surface area contributed by atoms with E-state index in [4.69, 9.17) is 12.2 Å². The summed E-state index contributed by atoms with van der Waals surface area (Å²) >= 11 is 8.48. The second-order valence-electron chi connectivity index (χ2n) is 6.14. The number of aryl methyl sites for hydroxylation is 2. The van der Waals surface area contributed by atoms with E-state index in [1.54, 1.807) is 21.3 Å². The van der Waals surface area contributed by atoms with E-state index in [0.717, 1.165) is 26.8 Å². The van der Waals surface area contributed by atoms with Crippen LogP contribution in [-0.2, 0) is 5.75 Å². The molecule has 4 aromatic rings. The molecule has 0 saturated carbocycles. The maximum absolute atomic E-state index is 12.3. The number of rotatable bonds is 4. The van der Waals surface area contributed by atoms with Crippen molar-refractivity contribution in [1.29, 1.82) is 0 Å². The number of para-hydroxylation sites is 1. The summed E-state index contributed by atoms with van der Waals surface area (Å²) in [5, 5.41) is 4.64. The molecule has 0 aliphatic heterocycles. The monoisotopic (exact) mass is 412 g/mol. The predicted octanol–water partition coefficient (Wildman–Crippen LogP) is 4.58. The van der Waals surface area contributed by atoms with Gasteiger partial charge in [-0.25, -0.2) is 9.67 Å². The van der Waals surface area contributed by atoms with Crippen molar-refractivity contribution in [2.45, 2.75) is 23.9 Å². The molecule has 0 aliphatic carbocycles. The molecule has 0 amide bonds. The van der Waals surface area contributed by atoms with Gasteiger partial charge in [0.25, 0.3) is 5.56 Å². The molecule has 4 rings (SSSR count). The molecule has 27 heavy (non-hydrogen) atoms. The van der Waals surface area contributed by atoms with Gasteiger partial charge in [-0.05, 0) is 49.3 Å². The van der Waals surface area contributed by atoms with Gasteiger partial charge in [-0.15, -0.1) is 5.10 Å². The highest BCUT2D eigenvalue weighted by molar-refractivity contribution is 8.00. The molecule has 0 radical (unpaired) electrons. The summed E-state index contributed by atoms with van der Waals surface area (Å²) in [6, 6.07) is 13.4. The molecule has 0 aliphatic rings. The summed E-state index contributed by atoms with van der Waals surface area (Å²) in [6.45, 7) is 3.99. The topological polar surface area (TPSA) is 52.2 Å². The van der Waals surface area contributed by atoms with E-state index >= 15 is 0 Å². The van der Waals surface area contributed by atoms with E-state index in [0.29, 0.717) is 15.4 Å². The molecule has 0 bridgehead atoms. The summed E-state index contributed by atoms with van der Waals surface area (Å²) in [5.41, 5.74) is 4.45. The second-order valence-corrected chi connectivity index (χ2v) is 8.99. The molecule has 136 valence electrons. The molecular weight excluding hydrogens is 396 g/mol. The highest BCUT2D eigenvalue weighted by Crippen LogP contribution is 2.27. The Labute approximate surface area is 169 Å². The molecule has 8 heteroatoms. The average molecular weight is 413 g/mol. The van der Waals surface area contributed by atoms with Crippen LogP contribution in [0.5, 0.6) is 0 Å². The van der Waals surface area contributed by atoms with Gasteiger partial charge in [-0.3, -0.25) is 9.20 Å². The lowest BCUT2D eigenvalue weighted by molar-refractivity contribution is 0.823. The Bertz CT molecular complexity index is 1260. The van der Waals surface area contributed by atoms with Crippen LogP contribution in [0.1, 0.15) is 16.8 Å². The molecule has 3 aromatic heterocycles. The fourth-order valence-electron chi connectivity index (χ4n) is 2.74. The Morgan fingerprint density at radius 3 is 2.81 bits per heavy atom. The summed E-state index contributed by atoms with van der Waals surface area (Å²) < 4.78 is 4.92.